The molecule has 0 bridgehead atoms. The van der Waals surface area contributed by atoms with E-state index in [0.717, 1.165) is 32.5 Å². The molecule has 0 aromatic heterocycles. The molecule has 5 heteroatoms. The number of carbonyl (C=O) groups is 2. The fraction of sp³-hybridized carbons (Fsp3) is 0.636. The minimum atomic E-state index is -0.0978. The summed E-state index contributed by atoms with van der Waals surface area (Å²) in [5.74, 6) is 0.800. The molecule has 1 aromatic rings. The van der Waals surface area contributed by atoms with Crippen molar-refractivity contribution in [2.45, 2.75) is 64.0 Å². The molecule has 1 aliphatic heterocycles. The quantitative estimate of drug-likeness (QED) is 0.808. The highest BCUT2D eigenvalue weighted by Gasteiger charge is 2.27. The standard InChI is InChI=1S/C22H33N3O2/c1-17(21(26)23-16-18-8-4-2-5-9-18)25-14-12-20(13-15-25)24-22(27)19-10-6-3-7-11-19/h3,6-7,10-11,17-18,20H,2,4-5,8-9,12-16H2,1H3,(H,23,26)(H,24,27). The van der Waals surface area contributed by atoms with Crippen LogP contribution in [0.2, 0.25) is 0 Å². The van der Waals surface area contributed by atoms with Crippen LogP contribution in [0.3, 0.4) is 0 Å². The van der Waals surface area contributed by atoms with Crippen molar-refractivity contribution in [2.24, 2.45) is 5.92 Å². The van der Waals surface area contributed by atoms with Gasteiger partial charge in [-0.15, -0.1) is 0 Å². The second-order valence-electron chi connectivity index (χ2n) is 8.07. The Bertz CT molecular complexity index is 605. The second kappa shape index (κ2) is 9.88. The van der Waals surface area contributed by atoms with Gasteiger partial charge in [-0.05, 0) is 50.7 Å². The van der Waals surface area contributed by atoms with Crippen LogP contribution < -0.4 is 10.6 Å². The molecule has 1 atom stereocenters. The number of nitrogens with zero attached hydrogens (tertiary/aromatic N) is 1. The molecule has 3 rings (SSSR count). The lowest BCUT2D eigenvalue weighted by atomic mass is 9.89. The minimum absolute atomic E-state index is 0.00711. The van der Waals surface area contributed by atoms with Gasteiger partial charge in [0.2, 0.25) is 5.91 Å². The van der Waals surface area contributed by atoms with Crippen molar-refractivity contribution < 1.29 is 9.59 Å². The predicted molar refractivity (Wildman–Crippen MR) is 108 cm³/mol. The van der Waals surface area contributed by atoms with Crippen molar-refractivity contribution in [1.29, 1.82) is 0 Å². The first kappa shape index (κ1) is 19.9. The van der Waals surface area contributed by atoms with Gasteiger partial charge < -0.3 is 10.6 Å². The van der Waals surface area contributed by atoms with E-state index in [0.29, 0.717) is 11.5 Å². The highest BCUT2D eigenvalue weighted by molar-refractivity contribution is 5.94. The van der Waals surface area contributed by atoms with Gasteiger partial charge in [0, 0.05) is 31.2 Å². The average molecular weight is 372 g/mol. The van der Waals surface area contributed by atoms with Crippen LogP contribution in [0.4, 0.5) is 0 Å². The van der Waals surface area contributed by atoms with Gasteiger partial charge in [-0.1, -0.05) is 37.5 Å². The third kappa shape index (κ3) is 5.80. The monoisotopic (exact) mass is 371 g/mol. The van der Waals surface area contributed by atoms with Crippen LogP contribution in [0.25, 0.3) is 0 Å². The molecule has 1 unspecified atom stereocenters. The van der Waals surface area contributed by atoms with E-state index in [-0.39, 0.29) is 23.9 Å². The van der Waals surface area contributed by atoms with Crippen molar-refractivity contribution in [3.8, 4) is 0 Å². The van der Waals surface area contributed by atoms with Gasteiger partial charge >= 0.3 is 0 Å². The van der Waals surface area contributed by atoms with Gasteiger partial charge in [0.15, 0.2) is 0 Å². The van der Waals surface area contributed by atoms with E-state index in [1.54, 1.807) is 0 Å². The number of likely N-dealkylation sites (tertiary alicyclic amines) is 1. The van der Waals surface area contributed by atoms with Crippen molar-refractivity contribution >= 4 is 11.8 Å². The zero-order chi connectivity index (χ0) is 19.1. The Labute approximate surface area is 162 Å². The molecule has 2 N–H and O–H groups in total. The molecule has 0 radical (unpaired) electrons. The number of piperidine rings is 1. The number of carbonyl (C=O) groups excluding carboxylic acids is 2. The van der Waals surface area contributed by atoms with Gasteiger partial charge in [-0.3, -0.25) is 14.5 Å². The van der Waals surface area contributed by atoms with E-state index in [9.17, 15) is 9.59 Å². The number of hydrogen-bond donors (Lipinski definition) is 2. The molecular weight excluding hydrogens is 338 g/mol. The molecule has 2 amide bonds. The van der Waals surface area contributed by atoms with Gasteiger partial charge in [0.1, 0.15) is 0 Å². The fourth-order valence-electron chi connectivity index (χ4n) is 4.24. The van der Waals surface area contributed by atoms with Crippen LogP contribution in [0, 0.1) is 5.92 Å². The first-order chi connectivity index (χ1) is 13.1. The zero-order valence-corrected chi connectivity index (χ0v) is 16.5. The fourth-order valence-corrected chi connectivity index (χ4v) is 4.24. The summed E-state index contributed by atoms with van der Waals surface area (Å²) < 4.78 is 0. The lowest BCUT2D eigenvalue weighted by molar-refractivity contribution is -0.126. The van der Waals surface area contributed by atoms with Crippen LogP contribution in [-0.4, -0.2) is 48.4 Å². The Balaban J connectivity index is 1.38. The number of rotatable bonds is 6. The largest absolute Gasteiger partial charge is 0.354 e. The summed E-state index contributed by atoms with van der Waals surface area (Å²) in [7, 11) is 0. The molecule has 1 aromatic carbocycles. The maximum Gasteiger partial charge on any atom is 0.251 e. The average Bonchev–Trinajstić information content (AvgIpc) is 2.73. The van der Waals surface area contributed by atoms with Crippen LogP contribution >= 0.6 is 0 Å². The van der Waals surface area contributed by atoms with E-state index in [1.165, 1.54) is 32.1 Å². The SMILES string of the molecule is CC(C(=O)NCC1CCCCC1)N1CCC(NC(=O)c2ccccc2)CC1. The van der Waals surface area contributed by atoms with Crippen LogP contribution in [-0.2, 0) is 4.79 Å². The molecule has 1 saturated heterocycles. The summed E-state index contributed by atoms with van der Waals surface area (Å²) >= 11 is 0. The molecule has 148 valence electrons. The van der Waals surface area contributed by atoms with Gasteiger partial charge in [-0.2, -0.15) is 0 Å². The van der Waals surface area contributed by atoms with Gasteiger partial charge in [-0.25, -0.2) is 0 Å². The summed E-state index contributed by atoms with van der Waals surface area (Å²) in [6.45, 7) is 4.52. The molecule has 1 heterocycles. The molecule has 1 saturated carbocycles. The zero-order valence-electron chi connectivity index (χ0n) is 16.5. The Hall–Kier alpha value is -1.88. The van der Waals surface area contributed by atoms with Crippen LogP contribution in [0.1, 0.15) is 62.2 Å². The Morgan fingerprint density at radius 2 is 1.70 bits per heavy atom. The molecule has 5 nitrogen and oxygen atoms in total. The molecule has 2 aliphatic rings. The second-order valence-corrected chi connectivity index (χ2v) is 8.07. The van der Waals surface area contributed by atoms with E-state index in [2.05, 4.69) is 15.5 Å². The molecule has 0 spiro atoms. The first-order valence-corrected chi connectivity index (χ1v) is 10.5. The molecule has 27 heavy (non-hydrogen) atoms. The van der Waals surface area contributed by atoms with E-state index < -0.39 is 0 Å². The number of hydrogen-bond acceptors (Lipinski definition) is 3. The van der Waals surface area contributed by atoms with Crippen molar-refractivity contribution in [3.05, 3.63) is 35.9 Å². The molecular formula is C22H33N3O2. The lowest BCUT2D eigenvalue weighted by Gasteiger charge is -2.35. The Kier molecular flexibility index (Phi) is 7.27. The maximum atomic E-state index is 12.5. The smallest absolute Gasteiger partial charge is 0.251 e. The van der Waals surface area contributed by atoms with Crippen LogP contribution in [0.15, 0.2) is 30.3 Å². The summed E-state index contributed by atoms with van der Waals surface area (Å²) in [6.07, 6.45) is 8.23. The Morgan fingerprint density at radius 1 is 1.04 bits per heavy atom. The predicted octanol–water partition coefficient (Wildman–Crippen LogP) is 2.97. The van der Waals surface area contributed by atoms with Gasteiger partial charge in [0.25, 0.3) is 5.91 Å². The Morgan fingerprint density at radius 3 is 2.37 bits per heavy atom. The summed E-state index contributed by atoms with van der Waals surface area (Å²) in [5, 5.41) is 6.29. The number of nitrogens with one attached hydrogen (secondary N) is 2. The highest BCUT2D eigenvalue weighted by atomic mass is 16.2. The van der Waals surface area contributed by atoms with Gasteiger partial charge in [0.05, 0.1) is 6.04 Å². The normalized spacial score (nSPS) is 20.8. The summed E-state index contributed by atoms with van der Waals surface area (Å²) in [6, 6.07) is 9.43. The summed E-state index contributed by atoms with van der Waals surface area (Å²) in [5.41, 5.74) is 0.704. The van der Waals surface area contributed by atoms with E-state index in [4.69, 9.17) is 0 Å². The topological polar surface area (TPSA) is 61.4 Å². The first-order valence-electron chi connectivity index (χ1n) is 10.5. The highest BCUT2D eigenvalue weighted by Crippen LogP contribution is 2.23. The number of benzene rings is 1. The van der Waals surface area contributed by atoms with Crippen molar-refractivity contribution in [1.82, 2.24) is 15.5 Å². The third-order valence-electron chi connectivity index (χ3n) is 6.12. The third-order valence-corrected chi connectivity index (χ3v) is 6.12. The van der Waals surface area contributed by atoms with E-state index in [1.807, 2.05) is 37.3 Å². The van der Waals surface area contributed by atoms with Crippen molar-refractivity contribution in [3.63, 3.8) is 0 Å². The molecule has 2 fully saturated rings. The van der Waals surface area contributed by atoms with Crippen LogP contribution in [0.5, 0.6) is 0 Å². The number of amides is 2. The minimum Gasteiger partial charge on any atom is -0.354 e. The van der Waals surface area contributed by atoms with E-state index >= 15 is 0 Å². The molecule has 1 aliphatic carbocycles. The lowest BCUT2D eigenvalue weighted by Crippen LogP contribution is -2.52. The summed E-state index contributed by atoms with van der Waals surface area (Å²) in [4.78, 5) is 27.0. The van der Waals surface area contributed by atoms with Crippen molar-refractivity contribution in [2.75, 3.05) is 19.6 Å². The maximum absolute atomic E-state index is 12.5.